The van der Waals surface area contributed by atoms with Crippen LogP contribution in [0.15, 0.2) is 35.2 Å². The highest BCUT2D eigenvalue weighted by Gasteiger charge is 2.52. The van der Waals surface area contributed by atoms with Crippen LogP contribution in [-0.4, -0.2) is 52.4 Å². The molecule has 0 aromatic carbocycles. The van der Waals surface area contributed by atoms with Gasteiger partial charge >= 0.3 is 0 Å². The summed E-state index contributed by atoms with van der Waals surface area (Å²) in [5.41, 5.74) is 1.20. The Labute approximate surface area is 146 Å². The summed E-state index contributed by atoms with van der Waals surface area (Å²) in [6.07, 6.45) is 7.49. The van der Waals surface area contributed by atoms with Gasteiger partial charge in [0.1, 0.15) is 0 Å². The van der Waals surface area contributed by atoms with E-state index in [0.717, 1.165) is 39.1 Å². The van der Waals surface area contributed by atoms with Crippen molar-refractivity contribution in [2.24, 2.45) is 13.0 Å². The number of aryl methyl sites for hydroxylation is 1. The second-order valence-corrected chi connectivity index (χ2v) is 7.09. The summed E-state index contributed by atoms with van der Waals surface area (Å²) in [4.78, 5) is 14.3. The average molecular weight is 344 g/mol. The van der Waals surface area contributed by atoms with Crippen molar-refractivity contribution in [3.05, 3.63) is 42.1 Å². The van der Waals surface area contributed by atoms with E-state index in [4.69, 9.17) is 9.15 Å². The molecule has 2 aromatic heterocycles. The number of nitrogens with one attached hydrogen (secondary N) is 1. The van der Waals surface area contributed by atoms with Crippen LogP contribution in [0.2, 0.25) is 0 Å². The van der Waals surface area contributed by atoms with Crippen LogP contribution in [0.4, 0.5) is 0 Å². The first-order chi connectivity index (χ1) is 12.1. The Hall–Kier alpha value is -2.12. The van der Waals surface area contributed by atoms with Gasteiger partial charge in [-0.1, -0.05) is 0 Å². The number of ether oxygens (including phenoxy) is 1. The van der Waals surface area contributed by atoms with Crippen LogP contribution >= 0.6 is 0 Å². The Kier molecular flexibility index (Phi) is 4.35. The fourth-order valence-electron chi connectivity index (χ4n) is 4.03. The van der Waals surface area contributed by atoms with Gasteiger partial charge in [-0.25, -0.2) is 0 Å². The van der Waals surface area contributed by atoms with Crippen molar-refractivity contribution >= 4 is 5.91 Å². The summed E-state index contributed by atoms with van der Waals surface area (Å²) in [6, 6.07) is 3.40. The third-order valence-electron chi connectivity index (χ3n) is 5.27. The quantitative estimate of drug-likeness (QED) is 0.858. The lowest BCUT2D eigenvalue weighted by Crippen LogP contribution is -2.64. The van der Waals surface area contributed by atoms with E-state index in [9.17, 15) is 4.79 Å². The number of rotatable bonds is 6. The lowest BCUT2D eigenvalue weighted by atomic mass is 9.79. The highest BCUT2D eigenvalue weighted by molar-refractivity contribution is 5.91. The molecule has 2 aliphatic rings. The molecule has 2 aromatic rings. The minimum absolute atomic E-state index is 0.0301. The van der Waals surface area contributed by atoms with Gasteiger partial charge in [-0.15, -0.1) is 0 Å². The summed E-state index contributed by atoms with van der Waals surface area (Å²) >= 11 is 0. The smallest absolute Gasteiger partial charge is 0.286 e. The molecule has 2 fully saturated rings. The molecule has 25 heavy (non-hydrogen) atoms. The maximum atomic E-state index is 11.9. The average Bonchev–Trinajstić information content (AvgIpc) is 3.28. The van der Waals surface area contributed by atoms with Crippen molar-refractivity contribution in [2.45, 2.75) is 25.0 Å². The van der Waals surface area contributed by atoms with Gasteiger partial charge in [0.05, 0.1) is 18.1 Å². The molecule has 2 aliphatic heterocycles. The van der Waals surface area contributed by atoms with Crippen molar-refractivity contribution in [1.82, 2.24) is 20.0 Å². The maximum absolute atomic E-state index is 11.9. The Bertz CT molecular complexity index is 719. The number of hydrogen-bond donors (Lipinski definition) is 1. The fourth-order valence-corrected chi connectivity index (χ4v) is 4.03. The summed E-state index contributed by atoms with van der Waals surface area (Å²) in [5, 5.41) is 7.16. The predicted molar refractivity (Wildman–Crippen MR) is 90.9 cm³/mol. The van der Waals surface area contributed by atoms with E-state index >= 15 is 0 Å². The van der Waals surface area contributed by atoms with Crippen LogP contribution in [0.5, 0.6) is 0 Å². The second kappa shape index (κ2) is 6.65. The highest BCUT2D eigenvalue weighted by Crippen LogP contribution is 2.41. The van der Waals surface area contributed by atoms with E-state index in [1.807, 2.05) is 17.9 Å². The molecule has 1 spiro atoms. The van der Waals surface area contributed by atoms with E-state index in [-0.39, 0.29) is 11.5 Å². The van der Waals surface area contributed by atoms with Crippen molar-refractivity contribution in [2.75, 3.05) is 26.2 Å². The molecule has 1 atom stereocenters. The van der Waals surface area contributed by atoms with Crippen molar-refractivity contribution in [3.63, 3.8) is 0 Å². The van der Waals surface area contributed by atoms with Crippen LogP contribution in [-0.2, 0) is 18.3 Å². The zero-order valence-corrected chi connectivity index (χ0v) is 14.5. The number of carbonyl (C=O) groups is 1. The zero-order valence-electron chi connectivity index (χ0n) is 14.5. The maximum Gasteiger partial charge on any atom is 0.286 e. The van der Waals surface area contributed by atoms with E-state index in [1.54, 1.807) is 12.1 Å². The molecule has 0 unspecified atom stereocenters. The van der Waals surface area contributed by atoms with E-state index < -0.39 is 0 Å². The first-order valence-electron chi connectivity index (χ1n) is 8.80. The van der Waals surface area contributed by atoms with Gasteiger partial charge < -0.3 is 14.5 Å². The predicted octanol–water partition coefficient (Wildman–Crippen LogP) is 1.42. The molecule has 0 saturated carbocycles. The Morgan fingerprint density at radius 1 is 1.48 bits per heavy atom. The molecule has 0 bridgehead atoms. The summed E-state index contributed by atoms with van der Waals surface area (Å²) in [5.74, 6) is 0.711. The normalized spacial score (nSPS) is 22.2. The topological polar surface area (TPSA) is 72.5 Å². The molecule has 7 nitrogen and oxygen atoms in total. The van der Waals surface area contributed by atoms with Crippen molar-refractivity contribution in [1.29, 1.82) is 0 Å². The molecule has 4 rings (SSSR count). The number of likely N-dealkylation sites (tertiary alicyclic amines) is 1. The van der Waals surface area contributed by atoms with Gasteiger partial charge in [0.25, 0.3) is 5.91 Å². The molecular weight excluding hydrogens is 320 g/mol. The van der Waals surface area contributed by atoms with E-state index in [2.05, 4.69) is 21.5 Å². The summed E-state index contributed by atoms with van der Waals surface area (Å²) in [6.45, 7) is 4.30. The van der Waals surface area contributed by atoms with E-state index in [0.29, 0.717) is 18.2 Å². The van der Waals surface area contributed by atoms with Crippen LogP contribution in [0.3, 0.4) is 0 Å². The first kappa shape index (κ1) is 16.4. The molecule has 2 saturated heterocycles. The van der Waals surface area contributed by atoms with Gasteiger partial charge in [-0.3, -0.25) is 14.4 Å². The summed E-state index contributed by atoms with van der Waals surface area (Å²) < 4.78 is 13.0. The number of hydrogen-bond acceptors (Lipinski definition) is 5. The third kappa shape index (κ3) is 3.34. The molecule has 0 aliphatic carbocycles. The van der Waals surface area contributed by atoms with Crippen LogP contribution in [0, 0.1) is 5.92 Å². The van der Waals surface area contributed by atoms with Crippen LogP contribution in [0.25, 0.3) is 0 Å². The van der Waals surface area contributed by atoms with Crippen LogP contribution in [0.1, 0.15) is 29.0 Å². The monoisotopic (exact) mass is 344 g/mol. The molecule has 1 N–H and O–H groups in total. The highest BCUT2D eigenvalue weighted by atomic mass is 16.5. The summed E-state index contributed by atoms with van der Waals surface area (Å²) in [7, 11) is 1.94. The Balaban J connectivity index is 1.25. The molecular formula is C18H24N4O3. The van der Waals surface area contributed by atoms with E-state index in [1.165, 1.54) is 11.8 Å². The SMILES string of the molecule is Cn1cc(CN2CC3(C2)OCC[C@H]3CCNC(=O)c2ccco2)cn1. The fraction of sp³-hybridized carbons (Fsp3) is 0.556. The lowest BCUT2D eigenvalue weighted by Gasteiger charge is -2.50. The number of furan rings is 1. The minimum Gasteiger partial charge on any atom is -0.459 e. The molecule has 7 heteroatoms. The molecule has 134 valence electrons. The van der Waals surface area contributed by atoms with Gasteiger partial charge in [0.2, 0.25) is 0 Å². The second-order valence-electron chi connectivity index (χ2n) is 7.09. The van der Waals surface area contributed by atoms with Gasteiger partial charge in [0.15, 0.2) is 5.76 Å². The Morgan fingerprint density at radius 2 is 2.36 bits per heavy atom. The van der Waals surface area contributed by atoms with Gasteiger partial charge in [0, 0.05) is 51.6 Å². The number of carbonyl (C=O) groups excluding carboxylic acids is 1. The lowest BCUT2D eigenvalue weighted by molar-refractivity contribution is -0.136. The Morgan fingerprint density at radius 3 is 3.08 bits per heavy atom. The number of aromatic nitrogens is 2. The van der Waals surface area contributed by atoms with Crippen molar-refractivity contribution in [3.8, 4) is 0 Å². The molecule has 1 amide bonds. The van der Waals surface area contributed by atoms with Crippen LogP contribution < -0.4 is 5.32 Å². The van der Waals surface area contributed by atoms with Gasteiger partial charge in [-0.2, -0.15) is 5.10 Å². The zero-order chi connectivity index (χ0) is 17.3. The molecule has 0 radical (unpaired) electrons. The standard InChI is InChI=1S/C18H24N4O3/c1-21-10-14(9-20-21)11-22-12-18(13-22)15(5-8-25-18)4-6-19-17(23)16-3-2-7-24-16/h2-3,7,9-10,15H,4-6,8,11-13H2,1H3,(H,19,23)/t15-/m1/s1. The minimum atomic E-state index is -0.148. The number of amides is 1. The largest absolute Gasteiger partial charge is 0.459 e. The van der Waals surface area contributed by atoms with Gasteiger partial charge in [-0.05, 0) is 30.9 Å². The molecule has 4 heterocycles. The third-order valence-corrected chi connectivity index (χ3v) is 5.27. The first-order valence-corrected chi connectivity index (χ1v) is 8.80. The number of nitrogens with zero attached hydrogens (tertiary/aromatic N) is 3. The van der Waals surface area contributed by atoms with Crippen molar-refractivity contribution < 1.29 is 13.9 Å².